The molecule has 0 heterocycles. The molecule has 0 aromatic heterocycles. The molecule has 0 unspecified atom stereocenters. The Kier molecular flexibility index (Phi) is 7.07. The van der Waals surface area contributed by atoms with Gasteiger partial charge in [-0.05, 0) is 6.42 Å². The van der Waals surface area contributed by atoms with Crippen LogP contribution < -0.4 is 11.0 Å². The lowest BCUT2D eigenvalue weighted by molar-refractivity contribution is -0.159. The van der Waals surface area contributed by atoms with Crippen molar-refractivity contribution in [1.29, 1.82) is 0 Å². The quantitative estimate of drug-likeness (QED) is 0.637. The molecule has 8 nitrogen and oxygen atoms in total. The minimum absolute atomic E-state index is 0.0462. The summed E-state index contributed by atoms with van der Waals surface area (Å²) in [6.45, 7) is 2.39. The highest BCUT2D eigenvalue weighted by Crippen LogP contribution is 1.98. The van der Waals surface area contributed by atoms with Gasteiger partial charge in [-0.25, -0.2) is 9.59 Å². The van der Waals surface area contributed by atoms with Gasteiger partial charge in [-0.15, -0.1) is 0 Å². The van der Waals surface area contributed by atoms with E-state index in [1.54, 1.807) is 0 Å². The Hall–Kier alpha value is -2.12. The van der Waals surface area contributed by atoms with Gasteiger partial charge in [-0.3, -0.25) is 9.59 Å². The number of hydroxylamine groups is 2. The summed E-state index contributed by atoms with van der Waals surface area (Å²) in [5.41, 5.74) is 3.72. The van der Waals surface area contributed by atoms with Gasteiger partial charge in [-0.1, -0.05) is 0 Å². The molecule has 0 aliphatic heterocycles. The average molecular weight is 246 g/mol. The fourth-order valence-corrected chi connectivity index (χ4v) is 0.737. The second kappa shape index (κ2) is 8.08. The van der Waals surface area contributed by atoms with E-state index in [1.165, 1.54) is 13.8 Å². The summed E-state index contributed by atoms with van der Waals surface area (Å²) in [6, 6.07) is 0. The maximum atomic E-state index is 10.9. The van der Waals surface area contributed by atoms with Crippen molar-refractivity contribution in [1.82, 2.24) is 11.0 Å². The predicted molar refractivity (Wildman–Crippen MR) is 53.7 cm³/mol. The first kappa shape index (κ1) is 14.9. The Morgan fingerprint density at radius 1 is 0.824 bits per heavy atom. The van der Waals surface area contributed by atoms with Gasteiger partial charge in [0.1, 0.15) is 0 Å². The zero-order valence-corrected chi connectivity index (χ0v) is 9.57. The normalized spacial score (nSPS) is 9.06. The molecule has 0 saturated heterocycles. The summed E-state index contributed by atoms with van der Waals surface area (Å²) in [5.74, 6) is -2.31. The predicted octanol–water partition coefficient (Wildman–Crippen LogP) is -0.655. The third kappa shape index (κ3) is 10.2. The van der Waals surface area contributed by atoms with Gasteiger partial charge in [0.05, 0.1) is 0 Å². The van der Waals surface area contributed by atoms with Gasteiger partial charge in [0.2, 0.25) is 11.8 Å². The fraction of sp³-hybridized carbons (Fsp3) is 0.556. The first-order chi connectivity index (χ1) is 7.91. The second-order valence-electron chi connectivity index (χ2n) is 3.12. The lowest BCUT2D eigenvalue weighted by Crippen LogP contribution is -2.25. The molecule has 0 aliphatic carbocycles. The van der Waals surface area contributed by atoms with Gasteiger partial charge < -0.3 is 9.68 Å². The van der Waals surface area contributed by atoms with Crippen molar-refractivity contribution in [3.05, 3.63) is 0 Å². The first-order valence-corrected chi connectivity index (χ1v) is 4.84. The van der Waals surface area contributed by atoms with Crippen LogP contribution in [0.1, 0.15) is 33.1 Å². The number of rotatable bonds is 4. The fourth-order valence-electron chi connectivity index (χ4n) is 0.737. The van der Waals surface area contributed by atoms with Gasteiger partial charge in [-0.2, -0.15) is 11.0 Å². The summed E-state index contributed by atoms with van der Waals surface area (Å²) >= 11 is 0. The SMILES string of the molecule is CC(=O)NOC(=O)CCCC(=O)ONC(C)=O. The topological polar surface area (TPSA) is 111 Å². The van der Waals surface area contributed by atoms with E-state index in [0.717, 1.165) is 0 Å². The molecular weight excluding hydrogens is 232 g/mol. The zero-order chi connectivity index (χ0) is 13.3. The molecule has 0 radical (unpaired) electrons. The molecule has 17 heavy (non-hydrogen) atoms. The third-order valence-electron chi connectivity index (χ3n) is 1.38. The van der Waals surface area contributed by atoms with Crippen LogP contribution in [0.4, 0.5) is 0 Å². The number of hydrogen-bond acceptors (Lipinski definition) is 6. The van der Waals surface area contributed by atoms with Crippen molar-refractivity contribution < 1.29 is 28.9 Å². The van der Waals surface area contributed by atoms with Crippen molar-refractivity contribution in [3.8, 4) is 0 Å². The maximum Gasteiger partial charge on any atom is 0.332 e. The van der Waals surface area contributed by atoms with Crippen molar-refractivity contribution in [2.75, 3.05) is 0 Å². The number of carbonyl (C=O) groups excluding carboxylic acids is 4. The van der Waals surface area contributed by atoms with Gasteiger partial charge >= 0.3 is 11.9 Å². The lowest BCUT2D eigenvalue weighted by atomic mass is 10.2. The molecule has 2 N–H and O–H groups in total. The number of nitrogens with one attached hydrogen (secondary N) is 2. The minimum atomic E-state index is -0.660. The third-order valence-corrected chi connectivity index (χ3v) is 1.38. The van der Waals surface area contributed by atoms with Crippen LogP contribution in [-0.4, -0.2) is 23.8 Å². The Labute approximate surface area is 97.5 Å². The molecular formula is C9H14N2O6. The second-order valence-corrected chi connectivity index (χ2v) is 3.12. The van der Waals surface area contributed by atoms with E-state index in [-0.39, 0.29) is 19.3 Å². The number of hydrogen-bond donors (Lipinski definition) is 2. The molecule has 0 bridgehead atoms. The van der Waals surface area contributed by atoms with Crippen LogP contribution in [-0.2, 0) is 28.9 Å². The Bertz CT molecular complexity index is 285. The highest BCUT2D eigenvalue weighted by atomic mass is 16.7. The van der Waals surface area contributed by atoms with Crippen LogP contribution in [0.2, 0.25) is 0 Å². The van der Waals surface area contributed by atoms with Crippen LogP contribution in [0.3, 0.4) is 0 Å². The minimum Gasteiger partial charge on any atom is -0.341 e. The highest BCUT2D eigenvalue weighted by Gasteiger charge is 2.08. The van der Waals surface area contributed by atoms with Crippen LogP contribution in [0.5, 0.6) is 0 Å². The van der Waals surface area contributed by atoms with Crippen LogP contribution in [0.15, 0.2) is 0 Å². The van der Waals surface area contributed by atoms with Crippen molar-refractivity contribution in [3.63, 3.8) is 0 Å². The largest absolute Gasteiger partial charge is 0.341 e. The van der Waals surface area contributed by atoms with Crippen LogP contribution in [0, 0.1) is 0 Å². The van der Waals surface area contributed by atoms with E-state index in [2.05, 4.69) is 9.68 Å². The monoisotopic (exact) mass is 246 g/mol. The van der Waals surface area contributed by atoms with E-state index in [0.29, 0.717) is 0 Å². The van der Waals surface area contributed by atoms with Gasteiger partial charge in [0.15, 0.2) is 0 Å². The molecule has 8 heteroatoms. The summed E-state index contributed by atoms with van der Waals surface area (Å²) in [6.07, 6.45) is 0.0989. The average Bonchev–Trinajstić information content (AvgIpc) is 2.23. The first-order valence-electron chi connectivity index (χ1n) is 4.84. The Morgan fingerprint density at radius 3 is 1.47 bits per heavy atom. The van der Waals surface area contributed by atoms with E-state index >= 15 is 0 Å². The van der Waals surface area contributed by atoms with E-state index in [1.807, 2.05) is 11.0 Å². The smallest absolute Gasteiger partial charge is 0.332 e. The summed E-state index contributed by atoms with van der Waals surface area (Å²) < 4.78 is 0. The van der Waals surface area contributed by atoms with Gasteiger partial charge in [0, 0.05) is 26.7 Å². The summed E-state index contributed by atoms with van der Waals surface area (Å²) in [5, 5.41) is 0. The Morgan fingerprint density at radius 2 is 1.18 bits per heavy atom. The van der Waals surface area contributed by atoms with E-state index in [4.69, 9.17) is 0 Å². The van der Waals surface area contributed by atoms with E-state index < -0.39 is 23.8 Å². The highest BCUT2D eigenvalue weighted by molar-refractivity contribution is 5.77. The van der Waals surface area contributed by atoms with Crippen molar-refractivity contribution in [2.24, 2.45) is 0 Å². The molecule has 0 fully saturated rings. The Balaban J connectivity index is 3.55. The van der Waals surface area contributed by atoms with Crippen LogP contribution in [0.25, 0.3) is 0 Å². The summed E-state index contributed by atoms with van der Waals surface area (Å²) in [7, 11) is 0. The van der Waals surface area contributed by atoms with Crippen molar-refractivity contribution >= 4 is 23.8 Å². The van der Waals surface area contributed by atoms with Crippen molar-refractivity contribution in [2.45, 2.75) is 33.1 Å². The number of amides is 2. The van der Waals surface area contributed by atoms with E-state index in [9.17, 15) is 19.2 Å². The van der Waals surface area contributed by atoms with Gasteiger partial charge in [0.25, 0.3) is 0 Å². The molecule has 0 atom stereocenters. The zero-order valence-electron chi connectivity index (χ0n) is 9.57. The molecule has 0 spiro atoms. The van der Waals surface area contributed by atoms with Crippen LogP contribution >= 0.6 is 0 Å². The molecule has 0 saturated carbocycles. The number of carbonyl (C=O) groups is 4. The molecule has 96 valence electrons. The maximum absolute atomic E-state index is 10.9. The molecule has 0 aromatic rings. The molecule has 0 rings (SSSR count). The lowest BCUT2D eigenvalue weighted by Gasteiger charge is -2.04. The molecule has 0 aromatic carbocycles. The molecule has 2 amide bonds. The standard InChI is InChI=1S/C9H14N2O6/c1-6(12)10-16-8(14)4-3-5-9(15)17-11-7(2)13/h3-5H2,1-2H3,(H,10,12)(H,11,13). The summed E-state index contributed by atoms with van der Waals surface area (Å²) in [4.78, 5) is 51.3. The molecule has 0 aliphatic rings.